The number of piperidine rings is 1. The third-order valence-corrected chi connectivity index (χ3v) is 4.60. The van der Waals surface area contributed by atoms with Gasteiger partial charge in [0, 0.05) is 46.0 Å². The van der Waals surface area contributed by atoms with Crippen molar-refractivity contribution < 1.29 is 0 Å². The lowest BCUT2D eigenvalue weighted by molar-refractivity contribution is 0.147. The second kappa shape index (κ2) is 9.55. The molecule has 0 aromatic carbocycles. The Labute approximate surface area is 140 Å². The van der Waals surface area contributed by atoms with E-state index in [0.29, 0.717) is 0 Å². The quantitative estimate of drug-likeness (QED) is 0.589. The van der Waals surface area contributed by atoms with Crippen LogP contribution in [0.5, 0.6) is 0 Å². The zero-order chi connectivity index (χ0) is 16.5. The van der Waals surface area contributed by atoms with Gasteiger partial charge >= 0.3 is 0 Å². The number of aromatic nitrogens is 2. The average Bonchev–Trinajstić information content (AvgIpc) is 2.99. The van der Waals surface area contributed by atoms with E-state index in [4.69, 9.17) is 0 Å². The lowest BCUT2D eigenvalue weighted by Gasteiger charge is -2.35. The first-order valence-electron chi connectivity index (χ1n) is 8.89. The monoisotopic (exact) mass is 320 g/mol. The summed E-state index contributed by atoms with van der Waals surface area (Å²) in [6.45, 7) is 6.46. The maximum absolute atomic E-state index is 4.30. The maximum atomic E-state index is 4.30. The fraction of sp³-hybridized carbons (Fsp3) is 0.765. The molecule has 1 saturated heterocycles. The molecule has 1 aromatic heterocycles. The molecule has 6 heteroatoms. The highest BCUT2D eigenvalue weighted by Crippen LogP contribution is 2.18. The van der Waals surface area contributed by atoms with E-state index < -0.39 is 0 Å². The van der Waals surface area contributed by atoms with Gasteiger partial charge in [-0.25, -0.2) is 0 Å². The number of guanidine groups is 1. The van der Waals surface area contributed by atoms with E-state index in [9.17, 15) is 0 Å². The van der Waals surface area contributed by atoms with Crippen molar-refractivity contribution in [3.63, 3.8) is 0 Å². The topological polar surface area (TPSA) is 57.5 Å². The van der Waals surface area contributed by atoms with Crippen LogP contribution < -0.4 is 10.6 Å². The molecule has 0 radical (unpaired) electrons. The number of likely N-dealkylation sites (tertiary alicyclic amines) is 1. The van der Waals surface area contributed by atoms with E-state index >= 15 is 0 Å². The molecule has 1 atom stereocenters. The van der Waals surface area contributed by atoms with E-state index in [-0.39, 0.29) is 0 Å². The van der Waals surface area contributed by atoms with Crippen LogP contribution in [-0.4, -0.2) is 59.9 Å². The van der Waals surface area contributed by atoms with Gasteiger partial charge < -0.3 is 10.6 Å². The van der Waals surface area contributed by atoms with E-state index in [1.54, 1.807) is 0 Å². The minimum Gasteiger partial charge on any atom is -0.356 e. The highest BCUT2D eigenvalue weighted by atomic mass is 15.2. The summed E-state index contributed by atoms with van der Waals surface area (Å²) in [6, 6.07) is 0.770. The molecule has 1 aliphatic heterocycles. The van der Waals surface area contributed by atoms with Crippen molar-refractivity contribution in [2.45, 2.75) is 45.1 Å². The van der Waals surface area contributed by atoms with Gasteiger partial charge in [-0.3, -0.25) is 14.6 Å². The molecule has 0 aliphatic carbocycles. The number of aryl methyl sites for hydroxylation is 1. The molecule has 0 amide bonds. The molecule has 1 fully saturated rings. The molecule has 2 N–H and O–H groups in total. The van der Waals surface area contributed by atoms with Gasteiger partial charge in [0.15, 0.2) is 5.96 Å². The molecule has 1 aliphatic rings. The van der Waals surface area contributed by atoms with Crippen LogP contribution in [0.25, 0.3) is 0 Å². The van der Waals surface area contributed by atoms with Crippen molar-refractivity contribution in [1.29, 1.82) is 0 Å². The normalized spacial score (nSPS) is 19.8. The molecule has 2 heterocycles. The fourth-order valence-corrected chi connectivity index (χ4v) is 3.28. The van der Waals surface area contributed by atoms with Gasteiger partial charge in [-0.2, -0.15) is 5.10 Å². The van der Waals surface area contributed by atoms with E-state index in [2.05, 4.69) is 38.7 Å². The summed E-state index contributed by atoms with van der Waals surface area (Å²) in [6.07, 6.45) is 10.3. The molecule has 0 spiro atoms. The molecule has 1 aromatic rings. The highest BCUT2D eigenvalue weighted by molar-refractivity contribution is 5.79. The van der Waals surface area contributed by atoms with Crippen LogP contribution in [0.2, 0.25) is 0 Å². The zero-order valence-corrected chi connectivity index (χ0v) is 14.9. The number of nitrogens with zero attached hydrogens (tertiary/aromatic N) is 4. The first-order chi connectivity index (χ1) is 11.2. The Morgan fingerprint density at radius 1 is 1.35 bits per heavy atom. The summed E-state index contributed by atoms with van der Waals surface area (Å²) in [5, 5.41) is 11.0. The van der Waals surface area contributed by atoms with E-state index in [1.165, 1.54) is 37.8 Å². The van der Waals surface area contributed by atoms with Crippen molar-refractivity contribution in [3.05, 3.63) is 18.0 Å². The number of aliphatic imine (C=N–C) groups is 1. The van der Waals surface area contributed by atoms with Crippen molar-refractivity contribution in [1.82, 2.24) is 25.3 Å². The Hall–Kier alpha value is -1.56. The number of rotatable bonds is 7. The predicted molar refractivity (Wildman–Crippen MR) is 95.8 cm³/mol. The average molecular weight is 320 g/mol. The van der Waals surface area contributed by atoms with Crippen LogP contribution in [0.1, 0.15) is 38.2 Å². The van der Waals surface area contributed by atoms with Crippen LogP contribution >= 0.6 is 0 Å². The SMILES string of the molecule is CCC1CCCCN1CCNC(=NC)NCCc1cnn(C)c1. The molecule has 0 bridgehead atoms. The largest absolute Gasteiger partial charge is 0.356 e. The van der Waals surface area contributed by atoms with E-state index in [0.717, 1.165) is 38.1 Å². The lowest BCUT2D eigenvalue weighted by atomic mass is 10.0. The minimum absolute atomic E-state index is 0.770. The standard InChI is InChI=1S/C17H32N6/c1-4-16-7-5-6-11-23(16)12-10-20-17(18-2)19-9-8-15-13-21-22(3)14-15/h13-14,16H,4-12H2,1-3H3,(H2,18,19,20). The summed E-state index contributed by atoms with van der Waals surface area (Å²) in [5.41, 5.74) is 1.24. The third kappa shape index (κ3) is 5.86. The van der Waals surface area contributed by atoms with Gasteiger partial charge in [0.2, 0.25) is 0 Å². The van der Waals surface area contributed by atoms with Gasteiger partial charge in [-0.1, -0.05) is 13.3 Å². The Morgan fingerprint density at radius 3 is 2.87 bits per heavy atom. The summed E-state index contributed by atoms with van der Waals surface area (Å²) < 4.78 is 1.84. The molecular formula is C17H32N6. The molecule has 2 rings (SSSR count). The van der Waals surface area contributed by atoms with Crippen molar-refractivity contribution in [3.8, 4) is 0 Å². The Morgan fingerprint density at radius 2 is 2.17 bits per heavy atom. The Bertz CT molecular complexity index is 481. The lowest BCUT2D eigenvalue weighted by Crippen LogP contribution is -2.46. The third-order valence-electron chi connectivity index (χ3n) is 4.60. The van der Waals surface area contributed by atoms with Crippen LogP contribution in [0.4, 0.5) is 0 Å². The van der Waals surface area contributed by atoms with Crippen LogP contribution in [0.3, 0.4) is 0 Å². The molecular weight excluding hydrogens is 288 g/mol. The van der Waals surface area contributed by atoms with Crippen LogP contribution in [-0.2, 0) is 13.5 Å². The molecule has 130 valence electrons. The predicted octanol–water partition coefficient (Wildman–Crippen LogP) is 1.39. The Balaban J connectivity index is 1.64. The second-order valence-corrected chi connectivity index (χ2v) is 6.29. The van der Waals surface area contributed by atoms with Gasteiger partial charge in [0.05, 0.1) is 6.20 Å². The number of hydrogen-bond acceptors (Lipinski definition) is 3. The molecule has 1 unspecified atom stereocenters. The first-order valence-corrected chi connectivity index (χ1v) is 8.89. The van der Waals surface area contributed by atoms with Crippen LogP contribution in [0, 0.1) is 0 Å². The van der Waals surface area contributed by atoms with Gasteiger partial charge in [-0.05, 0) is 37.8 Å². The summed E-state index contributed by atoms with van der Waals surface area (Å²) in [5.74, 6) is 0.888. The fourth-order valence-electron chi connectivity index (χ4n) is 3.28. The van der Waals surface area contributed by atoms with Crippen molar-refractivity contribution in [2.75, 3.05) is 33.2 Å². The zero-order valence-electron chi connectivity index (χ0n) is 14.9. The Kier molecular flexibility index (Phi) is 7.39. The smallest absolute Gasteiger partial charge is 0.191 e. The summed E-state index contributed by atoms with van der Waals surface area (Å²) in [7, 11) is 3.77. The van der Waals surface area contributed by atoms with Crippen LogP contribution in [0.15, 0.2) is 17.4 Å². The minimum atomic E-state index is 0.770. The molecule has 6 nitrogen and oxygen atoms in total. The summed E-state index contributed by atoms with van der Waals surface area (Å²) in [4.78, 5) is 6.93. The number of nitrogens with one attached hydrogen (secondary N) is 2. The first kappa shape index (κ1) is 17.8. The van der Waals surface area contributed by atoms with Gasteiger partial charge in [0.1, 0.15) is 0 Å². The molecule has 23 heavy (non-hydrogen) atoms. The van der Waals surface area contributed by atoms with Crippen molar-refractivity contribution in [2.24, 2.45) is 12.0 Å². The van der Waals surface area contributed by atoms with Gasteiger partial charge in [0.25, 0.3) is 0 Å². The highest BCUT2D eigenvalue weighted by Gasteiger charge is 2.19. The number of hydrogen-bond donors (Lipinski definition) is 2. The van der Waals surface area contributed by atoms with Crippen molar-refractivity contribution >= 4 is 5.96 Å². The van der Waals surface area contributed by atoms with Gasteiger partial charge in [-0.15, -0.1) is 0 Å². The maximum Gasteiger partial charge on any atom is 0.191 e. The second-order valence-electron chi connectivity index (χ2n) is 6.29. The van der Waals surface area contributed by atoms with E-state index in [1.807, 2.05) is 25.0 Å². The summed E-state index contributed by atoms with van der Waals surface area (Å²) >= 11 is 0. The molecule has 0 saturated carbocycles.